The van der Waals surface area contributed by atoms with Gasteiger partial charge in [-0.15, -0.1) is 0 Å². The Hall–Kier alpha value is -1.96. The van der Waals surface area contributed by atoms with Gasteiger partial charge in [0.1, 0.15) is 0 Å². The number of hydrogen-bond acceptors (Lipinski definition) is 5. The van der Waals surface area contributed by atoms with Crippen molar-refractivity contribution in [2.75, 3.05) is 32.8 Å². The highest BCUT2D eigenvalue weighted by atomic mass is 16.7. The van der Waals surface area contributed by atoms with Crippen LogP contribution in [0.4, 0.5) is 0 Å². The summed E-state index contributed by atoms with van der Waals surface area (Å²) >= 11 is 0. The van der Waals surface area contributed by atoms with Gasteiger partial charge >= 0.3 is 0 Å². The van der Waals surface area contributed by atoms with Crippen LogP contribution < -0.4 is 0 Å². The molecule has 0 N–H and O–H groups in total. The number of rotatable bonds is 11. The molecule has 1 aliphatic carbocycles. The van der Waals surface area contributed by atoms with Crippen LogP contribution in [0.2, 0.25) is 0 Å². The van der Waals surface area contributed by atoms with Crippen molar-refractivity contribution in [1.82, 2.24) is 19.5 Å². The summed E-state index contributed by atoms with van der Waals surface area (Å²) in [6.45, 7) is 10.7. The molecule has 0 bridgehead atoms. The lowest BCUT2D eigenvalue weighted by atomic mass is 9.84. The maximum Gasteiger partial charge on any atom is 0.260 e. The Kier molecular flexibility index (Phi) is 8.04. The normalized spacial score (nSPS) is 27.4. The summed E-state index contributed by atoms with van der Waals surface area (Å²) < 4.78 is 7.98. The van der Waals surface area contributed by atoms with Gasteiger partial charge in [0.05, 0.1) is 32.2 Å². The zero-order chi connectivity index (χ0) is 23.3. The molecule has 1 amide bonds. The third kappa shape index (κ3) is 5.76. The fraction of sp³-hybridized carbons (Fsp3) is 0.692. The Balaban J connectivity index is 1.48. The number of nitrogens with zero attached hydrogens (tertiary/aromatic N) is 4. The SMILES string of the molecule is CCCON(CCC)C(=O)CN1CC(C2=CCC3OCCC3=C2)CC1(C)CCn1ccnc1. The molecular formula is C26H40N4O3. The summed E-state index contributed by atoms with van der Waals surface area (Å²) in [6, 6.07) is 0. The zero-order valence-corrected chi connectivity index (χ0v) is 20.5. The number of imidazole rings is 1. The predicted molar refractivity (Wildman–Crippen MR) is 128 cm³/mol. The Morgan fingerprint density at radius 1 is 1.36 bits per heavy atom. The molecule has 2 aliphatic heterocycles. The zero-order valence-electron chi connectivity index (χ0n) is 20.5. The topological polar surface area (TPSA) is 59.8 Å². The number of amides is 1. The van der Waals surface area contributed by atoms with Gasteiger partial charge in [-0.25, -0.2) is 10.0 Å². The van der Waals surface area contributed by atoms with Gasteiger partial charge in [0, 0.05) is 37.6 Å². The van der Waals surface area contributed by atoms with Gasteiger partial charge in [0.15, 0.2) is 0 Å². The summed E-state index contributed by atoms with van der Waals surface area (Å²) in [6.07, 6.45) is 16.6. The van der Waals surface area contributed by atoms with Crippen LogP contribution in [-0.2, 0) is 20.9 Å². The number of carbonyl (C=O) groups is 1. The quantitative estimate of drug-likeness (QED) is 0.472. The molecular weight excluding hydrogens is 416 g/mol. The molecule has 0 aromatic carbocycles. The standard InChI is InChI=1S/C26H40N4O3/c1-4-11-30(33-14-5-2)25(31)19-29-18-23(21-6-7-24-22(16-21)8-15-32-24)17-26(29,3)9-12-28-13-10-27-20-28/h6,10,13,16,20,23-24H,4-5,7-9,11-12,14-15,17-19H2,1-3H3. The number of hydroxylamine groups is 2. The largest absolute Gasteiger partial charge is 0.373 e. The second kappa shape index (κ2) is 11.0. The second-order valence-corrected chi connectivity index (χ2v) is 9.93. The minimum Gasteiger partial charge on any atom is -0.373 e. The van der Waals surface area contributed by atoms with E-state index in [0.717, 1.165) is 58.2 Å². The lowest BCUT2D eigenvalue weighted by Gasteiger charge is -2.36. The number of aromatic nitrogens is 2. The van der Waals surface area contributed by atoms with E-state index in [-0.39, 0.29) is 11.4 Å². The van der Waals surface area contributed by atoms with Crippen molar-refractivity contribution in [3.05, 3.63) is 42.0 Å². The van der Waals surface area contributed by atoms with Crippen molar-refractivity contribution in [2.24, 2.45) is 5.92 Å². The number of carbonyl (C=O) groups excluding carboxylic acids is 1. The molecule has 0 saturated carbocycles. The first-order chi connectivity index (χ1) is 16.0. The van der Waals surface area contributed by atoms with E-state index < -0.39 is 0 Å². The first-order valence-corrected chi connectivity index (χ1v) is 12.7. The third-order valence-electron chi connectivity index (χ3n) is 7.35. The van der Waals surface area contributed by atoms with E-state index in [4.69, 9.17) is 9.57 Å². The summed E-state index contributed by atoms with van der Waals surface area (Å²) in [7, 11) is 0. The van der Waals surface area contributed by atoms with Crippen LogP contribution in [0.5, 0.6) is 0 Å². The summed E-state index contributed by atoms with van der Waals surface area (Å²) in [5.41, 5.74) is 2.82. The fourth-order valence-corrected chi connectivity index (χ4v) is 5.42. The second-order valence-electron chi connectivity index (χ2n) is 9.93. The average Bonchev–Trinajstić information content (AvgIpc) is 3.56. The molecule has 182 valence electrons. The number of ether oxygens (including phenoxy) is 1. The van der Waals surface area contributed by atoms with Gasteiger partial charge < -0.3 is 9.30 Å². The van der Waals surface area contributed by atoms with Gasteiger partial charge in [-0.3, -0.25) is 14.5 Å². The van der Waals surface area contributed by atoms with E-state index >= 15 is 0 Å². The number of fused-ring (bicyclic) bond motifs is 1. The number of hydrogen-bond donors (Lipinski definition) is 0. The van der Waals surface area contributed by atoms with Gasteiger partial charge in [0.25, 0.3) is 5.91 Å². The van der Waals surface area contributed by atoms with Gasteiger partial charge in [0.2, 0.25) is 0 Å². The molecule has 0 radical (unpaired) electrons. The number of allylic oxidation sites excluding steroid dienone is 1. The number of likely N-dealkylation sites (tertiary alicyclic amines) is 1. The highest BCUT2D eigenvalue weighted by Gasteiger charge is 2.44. The molecule has 1 aromatic rings. The minimum absolute atomic E-state index is 0.0599. The monoisotopic (exact) mass is 456 g/mol. The van der Waals surface area contributed by atoms with Crippen LogP contribution >= 0.6 is 0 Å². The first-order valence-electron chi connectivity index (χ1n) is 12.7. The lowest BCUT2D eigenvalue weighted by molar-refractivity contribution is -0.188. The minimum atomic E-state index is -0.0599. The summed E-state index contributed by atoms with van der Waals surface area (Å²) in [4.78, 5) is 25.6. The summed E-state index contributed by atoms with van der Waals surface area (Å²) in [5.74, 6) is 0.510. The molecule has 3 heterocycles. The van der Waals surface area contributed by atoms with Crippen molar-refractivity contribution in [1.29, 1.82) is 0 Å². The maximum atomic E-state index is 13.2. The Bertz CT molecular complexity index is 850. The molecule has 4 rings (SSSR count). The van der Waals surface area contributed by atoms with Crippen LogP contribution in [0.3, 0.4) is 0 Å². The molecule has 33 heavy (non-hydrogen) atoms. The molecule has 2 fully saturated rings. The van der Waals surface area contributed by atoms with E-state index in [2.05, 4.69) is 47.4 Å². The number of aryl methyl sites for hydroxylation is 1. The van der Waals surface area contributed by atoms with Crippen LogP contribution in [0.1, 0.15) is 59.3 Å². The highest BCUT2D eigenvalue weighted by molar-refractivity contribution is 5.77. The Morgan fingerprint density at radius 2 is 2.24 bits per heavy atom. The van der Waals surface area contributed by atoms with E-state index in [1.165, 1.54) is 11.1 Å². The van der Waals surface area contributed by atoms with Crippen LogP contribution in [-0.4, -0.2) is 69.9 Å². The molecule has 3 atom stereocenters. The van der Waals surface area contributed by atoms with Gasteiger partial charge in [-0.05, 0) is 62.5 Å². The van der Waals surface area contributed by atoms with Crippen LogP contribution in [0.15, 0.2) is 42.0 Å². The van der Waals surface area contributed by atoms with Crippen molar-refractivity contribution in [2.45, 2.75) is 77.5 Å². The van der Waals surface area contributed by atoms with E-state index in [1.807, 2.05) is 18.7 Å². The average molecular weight is 457 g/mol. The highest BCUT2D eigenvalue weighted by Crippen LogP contribution is 2.42. The van der Waals surface area contributed by atoms with Crippen molar-refractivity contribution in [3.8, 4) is 0 Å². The first kappa shape index (κ1) is 24.2. The third-order valence-corrected chi connectivity index (χ3v) is 7.35. The molecule has 2 saturated heterocycles. The van der Waals surface area contributed by atoms with E-state index in [1.54, 1.807) is 5.06 Å². The fourth-order valence-electron chi connectivity index (χ4n) is 5.42. The lowest BCUT2D eigenvalue weighted by Crippen LogP contribution is -2.48. The van der Waals surface area contributed by atoms with E-state index in [9.17, 15) is 4.79 Å². The Morgan fingerprint density at radius 3 is 3.00 bits per heavy atom. The van der Waals surface area contributed by atoms with Crippen molar-refractivity contribution in [3.63, 3.8) is 0 Å². The van der Waals surface area contributed by atoms with Gasteiger partial charge in [-0.2, -0.15) is 0 Å². The summed E-state index contributed by atoms with van der Waals surface area (Å²) in [5, 5.41) is 1.59. The predicted octanol–water partition coefficient (Wildman–Crippen LogP) is 3.98. The molecule has 3 unspecified atom stereocenters. The maximum absolute atomic E-state index is 13.2. The molecule has 7 heteroatoms. The molecule has 3 aliphatic rings. The smallest absolute Gasteiger partial charge is 0.260 e. The van der Waals surface area contributed by atoms with Gasteiger partial charge in [-0.1, -0.05) is 26.0 Å². The molecule has 1 aromatic heterocycles. The van der Waals surface area contributed by atoms with E-state index in [0.29, 0.717) is 31.7 Å². The van der Waals surface area contributed by atoms with Crippen LogP contribution in [0.25, 0.3) is 0 Å². The van der Waals surface area contributed by atoms with Crippen molar-refractivity contribution < 1.29 is 14.4 Å². The molecule has 7 nitrogen and oxygen atoms in total. The van der Waals surface area contributed by atoms with Crippen molar-refractivity contribution >= 4 is 5.91 Å². The molecule has 0 spiro atoms. The van der Waals surface area contributed by atoms with Crippen LogP contribution in [0, 0.1) is 5.92 Å². The Labute approximate surface area is 198 Å².